The molecule has 1 aromatic heterocycles. The molecule has 0 unspecified atom stereocenters. The molecule has 5 nitrogen and oxygen atoms in total. The Morgan fingerprint density at radius 2 is 1.86 bits per heavy atom. The van der Waals surface area contributed by atoms with E-state index in [0.29, 0.717) is 0 Å². The van der Waals surface area contributed by atoms with E-state index in [1.807, 2.05) is 0 Å². The zero-order valence-corrected chi connectivity index (χ0v) is 10.5. The summed E-state index contributed by atoms with van der Waals surface area (Å²) in [6.07, 6.45) is -3.32. The van der Waals surface area contributed by atoms with Crippen molar-refractivity contribution in [2.24, 2.45) is 0 Å². The summed E-state index contributed by atoms with van der Waals surface area (Å²) in [5, 5.41) is 2.46. The molecule has 0 saturated heterocycles. The number of hydrogen-bond donors (Lipinski definition) is 2. The quantitative estimate of drug-likeness (QED) is 0.913. The normalized spacial score (nSPS) is 11.0. The van der Waals surface area contributed by atoms with E-state index in [1.165, 1.54) is 18.3 Å². The van der Waals surface area contributed by atoms with Gasteiger partial charge >= 0.3 is 6.36 Å². The number of benzene rings is 1. The van der Waals surface area contributed by atoms with Gasteiger partial charge in [0.2, 0.25) is 0 Å². The lowest BCUT2D eigenvalue weighted by atomic mass is 10.2. The van der Waals surface area contributed by atoms with Crippen LogP contribution >= 0.6 is 0 Å². The maximum absolute atomic E-state index is 12.0. The number of anilines is 2. The first-order valence-electron chi connectivity index (χ1n) is 5.73. The zero-order valence-electron chi connectivity index (χ0n) is 10.5. The highest BCUT2D eigenvalue weighted by Crippen LogP contribution is 2.23. The molecule has 110 valence electrons. The van der Waals surface area contributed by atoms with Crippen molar-refractivity contribution < 1.29 is 22.7 Å². The number of nitrogen functional groups attached to an aromatic ring is 1. The lowest BCUT2D eigenvalue weighted by Crippen LogP contribution is -2.17. The van der Waals surface area contributed by atoms with Gasteiger partial charge in [0.25, 0.3) is 5.91 Å². The van der Waals surface area contributed by atoms with Crippen LogP contribution in [0.5, 0.6) is 5.75 Å². The number of nitrogens with one attached hydrogen (secondary N) is 1. The maximum Gasteiger partial charge on any atom is 0.573 e. The summed E-state index contributed by atoms with van der Waals surface area (Å²) >= 11 is 0. The lowest BCUT2D eigenvalue weighted by Gasteiger charge is -2.09. The first-order chi connectivity index (χ1) is 9.85. The van der Waals surface area contributed by atoms with Crippen molar-refractivity contribution in [1.82, 2.24) is 4.98 Å². The van der Waals surface area contributed by atoms with Crippen LogP contribution in [0.4, 0.5) is 24.7 Å². The van der Waals surface area contributed by atoms with Crippen LogP contribution in [0, 0.1) is 0 Å². The van der Waals surface area contributed by atoms with Gasteiger partial charge in [0.1, 0.15) is 5.75 Å². The number of nitrogens with two attached hydrogens (primary N) is 1. The Morgan fingerprint density at radius 3 is 2.43 bits per heavy atom. The van der Waals surface area contributed by atoms with Gasteiger partial charge in [-0.2, -0.15) is 0 Å². The molecule has 2 aromatic rings. The number of nitrogens with zero attached hydrogens (tertiary/aromatic N) is 1. The van der Waals surface area contributed by atoms with Gasteiger partial charge in [-0.3, -0.25) is 4.79 Å². The number of pyridine rings is 1. The molecule has 0 atom stereocenters. The van der Waals surface area contributed by atoms with Crippen LogP contribution in [0.3, 0.4) is 0 Å². The molecule has 1 amide bonds. The van der Waals surface area contributed by atoms with Crippen molar-refractivity contribution in [3.63, 3.8) is 0 Å². The first-order valence-corrected chi connectivity index (χ1v) is 5.73. The lowest BCUT2D eigenvalue weighted by molar-refractivity contribution is -0.274. The predicted molar refractivity (Wildman–Crippen MR) is 69.7 cm³/mol. The van der Waals surface area contributed by atoms with Crippen molar-refractivity contribution in [1.29, 1.82) is 0 Å². The average molecular weight is 297 g/mol. The Bertz CT molecular complexity index is 642. The van der Waals surface area contributed by atoms with Gasteiger partial charge < -0.3 is 15.8 Å². The van der Waals surface area contributed by atoms with E-state index < -0.39 is 18.0 Å². The summed E-state index contributed by atoms with van der Waals surface area (Å²) < 4.78 is 39.7. The minimum Gasteiger partial charge on any atom is -0.406 e. The zero-order chi connectivity index (χ0) is 15.5. The molecule has 0 saturated carbocycles. The minimum atomic E-state index is -4.77. The van der Waals surface area contributed by atoms with Crippen LogP contribution in [0.15, 0.2) is 42.6 Å². The molecule has 0 radical (unpaired) electrons. The molecule has 0 spiro atoms. The van der Waals surface area contributed by atoms with E-state index in [1.54, 1.807) is 12.1 Å². The van der Waals surface area contributed by atoms with Gasteiger partial charge in [0.15, 0.2) is 5.82 Å². The molecule has 8 heteroatoms. The Balaban J connectivity index is 2.08. The van der Waals surface area contributed by atoms with E-state index in [2.05, 4.69) is 15.0 Å². The largest absolute Gasteiger partial charge is 0.573 e. The fourth-order valence-electron chi connectivity index (χ4n) is 1.51. The van der Waals surface area contributed by atoms with Gasteiger partial charge in [-0.1, -0.05) is 0 Å². The second-order valence-electron chi connectivity index (χ2n) is 3.97. The Hall–Kier alpha value is -2.77. The highest BCUT2D eigenvalue weighted by atomic mass is 19.4. The van der Waals surface area contributed by atoms with Crippen molar-refractivity contribution in [3.05, 3.63) is 48.2 Å². The third-order valence-electron chi connectivity index (χ3n) is 2.42. The van der Waals surface area contributed by atoms with Gasteiger partial charge in [-0.25, -0.2) is 4.98 Å². The summed E-state index contributed by atoms with van der Waals surface area (Å²) in [5.74, 6) is -0.770. The first kappa shape index (κ1) is 14.6. The third-order valence-corrected chi connectivity index (χ3v) is 2.42. The van der Waals surface area contributed by atoms with Gasteiger partial charge in [-0.15, -0.1) is 13.2 Å². The summed E-state index contributed by atoms with van der Waals surface area (Å²) in [6, 6.07) is 7.66. The van der Waals surface area contributed by atoms with Gasteiger partial charge in [0.05, 0.1) is 5.69 Å². The molecule has 0 aliphatic rings. The number of carbonyl (C=O) groups is 1. The van der Waals surface area contributed by atoms with E-state index in [0.717, 1.165) is 12.1 Å². The molecule has 21 heavy (non-hydrogen) atoms. The number of alkyl halides is 3. The average Bonchev–Trinajstić information content (AvgIpc) is 2.40. The highest BCUT2D eigenvalue weighted by Gasteiger charge is 2.31. The fraction of sp³-hybridized carbons (Fsp3) is 0.0769. The van der Waals surface area contributed by atoms with Crippen molar-refractivity contribution in [2.75, 3.05) is 11.1 Å². The SMILES string of the molecule is Nc1cccnc1NC(=O)c1ccc(OC(F)(F)F)cc1. The van der Waals surface area contributed by atoms with E-state index in [9.17, 15) is 18.0 Å². The van der Waals surface area contributed by atoms with E-state index >= 15 is 0 Å². The maximum atomic E-state index is 12.0. The monoisotopic (exact) mass is 297 g/mol. The number of halogens is 3. The van der Waals surface area contributed by atoms with Crippen LogP contribution in [0.2, 0.25) is 0 Å². The number of amides is 1. The van der Waals surface area contributed by atoms with Crippen LogP contribution in [-0.4, -0.2) is 17.3 Å². The molecular weight excluding hydrogens is 287 g/mol. The minimum absolute atomic E-state index is 0.148. The van der Waals surface area contributed by atoms with Crippen LogP contribution in [0.25, 0.3) is 0 Å². The fourth-order valence-corrected chi connectivity index (χ4v) is 1.51. The van der Waals surface area contributed by atoms with Crippen molar-refractivity contribution in [3.8, 4) is 5.75 Å². The third kappa shape index (κ3) is 4.10. The van der Waals surface area contributed by atoms with Crippen LogP contribution in [0.1, 0.15) is 10.4 Å². The van der Waals surface area contributed by atoms with Crippen LogP contribution in [-0.2, 0) is 0 Å². The molecule has 1 heterocycles. The van der Waals surface area contributed by atoms with Gasteiger partial charge in [0, 0.05) is 11.8 Å². The van der Waals surface area contributed by atoms with E-state index in [-0.39, 0.29) is 17.1 Å². The molecule has 0 aliphatic heterocycles. The molecule has 2 rings (SSSR count). The second kappa shape index (κ2) is 5.70. The summed E-state index contributed by atoms with van der Waals surface area (Å²) in [4.78, 5) is 15.8. The summed E-state index contributed by atoms with van der Waals surface area (Å²) in [7, 11) is 0. The standard InChI is InChI=1S/C13H10F3N3O2/c14-13(15,16)21-9-5-3-8(4-6-9)12(20)19-11-10(17)2-1-7-18-11/h1-7H,17H2,(H,18,19,20). The molecule has 0 bridgehead atoms. The van der Waals surface area contributed by atoms with Gasteiger partial charge in [-0.05, 0) is 36.4 Å². The Labute approximate surface area is 117 Å². The molecule has 1 aromatic carbocycles. The number of aromatic nitrogens is 1. The second-order valence-corrected chi connectivity index (χ2v) is 3.97. The Morgan fingerprint density at radius 1 is 1.19 bits per heavy atom. The number of rotatable bonds is 3. The smallest absolute Gasteiger partial charge is 0.406 e. The topological polar surface area (TPSA) is 77.2 Å². The number of ether oxygens (including phenoxy) is 1. The molecule has 3 N–H and O–H groups in total. The number of hydrogen-bond acceptors (Lipinski definition) is 4. The summed E-state index contributed by atoms with van der Waals surface area (Å²) in [5.41, 5.74) is 6.05. The molecule has 0 fully saturated rings. The van der Waals surface area contributed by atoms with Crippen LogP contribution < -0.4 is 15.8 Å². The predicted octanol–water partition coefficient (Wildman–Crippen LogP) is 2.81. The van der Waals surface area contributed by atoms with Crippen molar-refractivity contribution in [2.45, 2.75) is 6.36 Å². The number of carbonyl (C=O) groups excluding carboxylic acids is 1. The highest BCUT2D eigenvalue weighted by molar-refractivity contribution is 6.05. The molecule has 0 aliphatic carbocycles. The Kier molecular flexibility index (Phi) is 3.97. The summed E-state index contributed by atoms with van der Waals surface area (Å²) in [6.45, 7) is 0. The van der Waals surface area contributed by atoms with Crippen molar-refractivity contribution >= 4 is 17.4 Å². The van der Waals surface area contributed by atoms with E-state index in [4.69, 9.17) is 5.73 Å². The molecular formula is C13H10F3N3O2.